The number of imidazole rings is 1. The maximum absolute atomic E-state index is 14.8. The Labute approximate surface area is 154 Å². The van der Waals surface area contributed by atoms with E-state index in [1.807, 2.05) is 4.40 Å². The van der Waals surface area contributed by atoms with Crippen molar-refractivity contribution in [3.05, 3.63) is 52.6 Å². The third kappa shape index (κ3) is 3.09. The van der Waals surface area contributed by atoms with Crippen LogP contribution in [0.2, 0.25) is 5.02 Å². The lowest BCUT2D eigenvalue weighted by atomic mass is 10.0. The number of epoxide rings is 1. The lowest BCUT2D eigenvalue weighted by Crippen LogP contribution is -2.13. The third-order valence-corrected chi connectivity index (χ3v) is 5.46. The van der Waals surface area contributed by atoms with Gasteiger partial charge in [-0.2, -0.15) is 0 Å². The van der Waals surface area contributed by atoms with Crippen LogP contribution < -0.4 is 5.14 Å². The highest BCUT2D eigenvalue weighted by Gasteiger charge is 2.28. The number of benzene rings is 1. The van der Waals surface area contributed by atoms with Crippen molar-refractivity contribution in [2.45, 2.75) is 24.3 Å². The molecule has 1 saturated heterocycles. The zero-order chi connectivity index (χ0) is 18.6. The van der Waals surface area contributed by atoms with Crippen molar-refractivity contribution in [2.24, 2.45) is 5.14 Å². The smallest absolute Gasteiger partial charge is 0.238 e. The largest absolute Gasteiger partial charge is 0.373 e. The van der Waals surface area contributed by atoms with Crippen molar-refractivity contribution in [3.63, 3.8) is 0 Å². The van der Waals surface area contributed by atoms with E-state index in [9.17, 15) is 12.8 Å². The number of primary sulfonamides is 1. The van der Waals surface area contributed by atoms with Gasteiger partial charge in [-0.15, -0.1) is 0 Å². The minimum Gasteiger partial charge on any atom is -0.373 e. The molecule has 1 atom stereocenters. The van der Waals surface area contributed by atoms with Crippen LogP contribution in [0.3, 0.4) is 0 Å². The Hall–Kier alpha value is -2.00. The van der Waals surface area contributed by atoms with Gasteiger partial charge in [-0.05, 0) is 30.7 Å². The summed E-state index contributed by atoms with van der Waals surface area (Å²) < 4.78 is 45.1. The molecule has 1 unspecified atom stereocenters. The molecule has 4 rings (SSSR count). The second-order valence-corrected chi connectivity index (χ2v) is 8.28. The second kappa shape index (κ2) is 6.02. The number of aryl methyl sites for hydroxylation is 1. The fourth-order valence-corrected chi connectivity index (χ4v) is 3.81. The second-order valence-electron chi connectivity index (χ2n) is 6.28. The van der Waals surface area contributed by atoms with E-state index in [2.05, 4.69) is 4.98 Å². The fourth-order valence-electron chi connectivity index (χ4n) is 3.04. The molecular formula is C17H15ClFN3O3S. The number of nitrogens with two attached hydrogens (primary N) is 1. The highest BCUT2D eigenvalue weighted by atomic mass is 35.5. The first kappa shape index (κ1) is 17.4. The van der Waals surface area contributed by atoms with E-state index in [0.29, 0.717) is 35.0 Å². The molecule has 3 aromatic rings. The number of sulfonamides is 1. The number of hydrogen-bond donors (Lipinski definition) is 1. The van der Waals surface area contributed by atoms with Crippen molar-refractivity contribution in [2.75, 3.05) is 6.61 Å². The molecule has 26 heavy (non-hydrogen) atoms. The molecule has 1 aromatic carbocycles. The van der Waals surface area contributed by atoms with Crippen molar-refractivity contribution in [3.8, 4) is 11.3 Å². The zero-order valence-corrected chi connectivity index (χ0v) is 15.3. The lowest BCUT2D eigenvalue weighted by Gasteiger charge is -2.10. The van der Waals surface area contributed by atoms with Crippen molar-refractivity contribution >= 4 is 27.3 Å². The van der Waals surface area contributed by atoms with Gasteiger partial charge in [0.15, 0.2) is 0 Å². The highest BCUT2D eigenvalue weighted by Crippen LogP contribution is 2.34. The number of ether oxygens (including phenoxy) is 1. The molecule has 2 aromatic heterocycles. The molecule has 1 fully saturated rings. The number of nitrogens with zero attached hydrogens (tertiary/aromatic N) is 2. The Balaban J connectivity index is 1.96. The first-order valence-electron chi connectivity index (χ1n) is 7.85. The molecule has 1 aliphatic rings. The summed E-state index contributed by atoms with van der Waals surface area (Å²) in [5.74, 6) is -0.693. The van der Waals surface area contributed by atoms with Crippen LogP contribution in [-0.4, -0.2) is 30.5 Å². The Morgan fingerprint density at radius 1 is 1.42 bits per heavy atom. The van der Waals surface area contributed by atoms with Gasteiger partial charge in [-0.1, -0.05) is 11.6 Å². The molecule has 0 saturated carbocycles. The molecule has 136 valence electrons. The van der Waals surface area contributed by atoms with Gasteiger partial charge in [0.1, 0.15) is 11.5 Å². The minimum atomic E-state index is -4.00. The van der Waals surface area contributed by atoms with Gasteiger partial charge in [-0.25, -0.2) is 22.9 Å². The molecule has 9 heteroatoms. The van der Waals surface area contributed by atoms with Crippen LogP contribution in [0.5, 0.6) is 0 Å². The minimum absolute atomic E-state index is 0.0661. The lowest BCUT2D eigenvalue weighted by molar-refractivity contribution is 0.406. The first-order valence-corrected chi connectivity index (χ1v) is 9.78. The highest BCUT2D eigenvalue weighted by molar-refractivity contribution is 7.89. The van der Waals surface area contributed by atoms with Crippen molar-refractivity contribution in [1.82, 2.24) is 9.38 Å². The van der Waals surface area contributed by atoms with Crippen molar-refractivity contribution < 1.29 is 17.5 Å². The van der Waals surface area contributed by atoms with Gasteiger partial charge in [0.05, 0.1) is 29.0 Å². The number of aromatic nitrogens is 2. The average molecular weight is 396 g/mol. The van der Waals surface area contributed by atoms with Gasteiger partial charge in [0.2, 0.25) is 10.0 Å². The normalized spacial score (nSPS) is 17.0. The summed E-state index contributed by atoms with van der Waals surface area (Å²) >= 11 is 6.05. The summed E-state index contributed by atoms with van der Waals surface area (Å²) in [6.45, 7) is 2.27. The molecule has 0 spiro atoms. The number of halogens is 2. The summed E-state index contributed by atoms with van der Waals surface area (Å²) in [6, 6.07) is 5.69. The first-order chi connectivity index (χ1) is 12.2. The van der Waals surface area contributed by atoms with E-state index in [1.165, 1.54) is 6.07 Å². The standard InChI is InChI=1S/C17H15ClFN3O3S/c1-9-4-12(26(20,23)24)7-13(19)16(9)17-14(6-11-8-25-11)22-3-2-10(18)5-15(22)21-17/h2-5,7,11H,6,8H2,1H3,(H2,20,23,24). The van der Waals surface area contributed by atoms with E-state index in [4.69, 9.17) is 21.5 Å². The molecule has 1 aliphatic heterocycles. The maximum Gasteiger partial charge on any atom is 0.238 e. The number of pyridine rings is 1. The van der Waals surface area contributed by atoms with Gasteiger partial charge in [0.25, 0.3) is 0 Å². The number of hydrogen-bond acceptors (Lipinski definition) is 4. The van der Waals surface area contributed by atoms with Crippen LogP contribution >= 0.6 is 11.6 Å². The third-order valence-electron chi connectivity index (χ3n) is 4.34. The molecule has 2 N–H and O–H groups in total. The van der Waals surface area contributed by atoms with E-state index in [-0.39, 0.29) is 16.6 Å². The zero-order valence-electron chi connectivity index (χ0n) is 13.7. The van der Waals surface area contributed by atoms with Crippen LogP contribution in [0.25, 0.3) is 16.9 Å². The predicted octanol–water partition coefficient (Wildman–Crippen LogP) is 2.69. The fraction of sp³-hybridized carbons (Fsp3) is 0.235. The van der Waals surface area contributed by atoms with E-state index >= 15 is 0 Å². The number of fused-ring (bicyclic) bond motifs is 1. The molecule has 0 radical (unpaired) electrons. The molecule has 0 amide bonds. The Kier molecular flexibility index (Phi) is 4.03. The molecule has 0 aliphatic carbocycles. The quantitative estimate of drug-likeness (QED) is 0.688. The van der Waals surface area contributed by atoms with Crippen LogP contribution in [0.15, 0.2) is 35.4 Å². The molecule has 0 bridgehead atoms. The number of rotatable bonds is 4. The molecule has 3 heterocycles. The summed E-state index contributed by atoms with van der Waals surface area (Å²) in [5, 5.41) is 5.64. The van der Waals surface area contributed by atoms with Gasteiger partial charge in [0, 0.05) is 29.3 Å². The summed E-state index contributed by atoms with van der Waals surface area (Å²) in [5.41, 5.74) is 2.48. The van der Waals surface area contributed by atoms with Crippen LogP contribution in [0.1, 0.15) is 11.3 Å². The Bertz CT molecular complexity index is 1120. The van der Waals surface area contributed by atoms with Crippen LogP contribution in [0.4, 0.5) is 4.39 Å². The SMILES string of the molecule is Cc1cc(S(N)(=O)=O)cc(F)c1-c1nc2cc(Cl)ccn2c1CC1CO1. The monoisotopic (exact) mass is 395 g/mol. The van der Waals surface area contributed by atoms with Crippen LogP contribution in [-0.2, 0) is 21.2 Å². The van der Waals surface area contributed by atoms with Crippen molar-refractivity contribution in [1.29, 1.82) is 0 Å². The maximum atomic E-state index is 14.8. The van der Waals surface area contributed by atoms with E-state index < -0.39 is 15.8 Å². The van der Waals surface area contributed by atoms with Crippen LogP contribution in [0, 0.1) is 12.7 Å². The Morgan fingerprint density at radius 3 is 2.77 bits per heavy atom. The van der Waals surface area contributed by atoms with E-state index in [0.717, 1.165) is 11.8 Å². The van der Waals surface area contributed by atoms with Gasteiger partial charge >= 0.3 is 0 Å². The summed E-state index contributed by atoms with van der Waals surface area (Å²) in [6.07, 6.45) is 2.41. The molecular weight excluding hydrogens is 381 g/mol. The van der Waals surface area contributed by atoms with E-state index in [1.54, 1.807) is 25.3 Å². The average Bonchev–Trinajstić information content (AvgIpc) is 3.28. The Morgan fingerprint density at radius 2 is 2.15 bits per heavy atom. The predicted molar refractivity (Wildman–Crippen MR) is 95.2 cm³/mol. The molecule has 6 nitrogen and oxygen atoms in total. The topological polar surface area (TPSA) is 90.0 Å². The summed E-state index contributed by atoms with van der Waals surface area (Å²) in [4.78, 5) is 4.27. The van der Waals surface area contributed by atoms with Gasteiger partial charge < -0.3 is 9.14 Å². The summed E-state index contributed by atoms with van der Waals surface area (Å²) in [7, 11) is -4.00. The van der Waals surface area contributed by atoms with Gasteiger partial charge in [-0.3, -0.25) is 0 Å².